The molecule has 2 unspecified atom stereocenters. The van der Waals surface area contributed by atoms with Gasteiger partial charge in [0.2, 0.25) is 0 Å². The van der Waals surface area contributed by atoms with Gasteiger partial charge in [-0.05, 0) is 32.6 Å². The molecule has 0 amide bonds. The number of ether oxygens (including phenoxy) is 2. The van der Waals surface area contributed by atoms with Gasteiger partial charge in [-0.15, -0.1) is 0 Å². The van der Waals surface area contributed by atoms with Crippen molar-refractivity contribution in [3.05, 3.63) is 0 Å². The summed E-state index contributed by atoms with van der Waals surface area (Å²) in [7, 11) is 0. The first-order valence-corrected chi connectivity index (χ1v) is 6.91. The van der Waals surface area contributed by atoms with Gasteiger partial charge in [0.1, 0.15) is 11.5 Å². The first-order valence-electron chi connectivity index (χ1n) is 6.91. The summed E-state index contributed by atoms with van der Waals surface area (Å²) < 4.78 is 10.6. The van der Waals surface area contributed by atoms with E-state index >= 15 is 0 Å². The van der Waals surface area contributed by atoms with Crippen LogP contribution >= 0.6 is 0 Å². The van der Waals surface area contributed by atoms with Crippen molar-refractivity contribution in [2.24, 2.45) is 5.41 Å². The van der Waals surface area contributed by atoms with E-state index in [1.165, 1.54) is 6.92 Å². The Balaban J connectivity index is 2.86. The zero-order valence-corrected chi connectivity index (χ0v) is 11.7. The highest BCUT2D eigenvalue weighted by atomic mass is 16.6. The lowest BCUT2D eigenvalue weighted by Gasteiger charge is -2.32. The summed E-state index contributed by atoms with van der Waals surface area (Å²) in [5.74, 6) is -0.505. The standard InChI is InChI=1S/C14H24O4/c1-4-6-9-14(13(16)17-5-2)10-7-8-12(14)18-11(3)15/h12H,4-10H2,1-3H3. The minimum Gasteiger partial charge on any atom is -0.465 e. The van der Waals surface area contributed by atoms with E-state index in [1.807, 2.05) is 0 Å². The molecular weight excluding hydrogens is 232 g/mol. The number of esters is 2. The van der Waals surface area contributed by atoms with E-state index in [4.69, 9.17) is 9.47 Å². The third-order valence-electron chi connectivity index (χ3n) is 3.67. The highest BCUT2D eigenvalue weighted by Gasteiger charge is 2.51. The molecule has 0 aromatic heterocycles. The van der Waals surface area contributed by atoms with Crippen LogP contribution < -0.4 is 0 Å². The van der Waals surface area contributed by atoms with Gasteiger partial charge in [-0.3, -0.25) is 9.59 Å². The highest BCUT2D eigenvalue weighted by molar-refractivity contribution is 5.79. The van der Waals surface area contributed by atoms with Crippen LogP contribution in [0, 0.1) is 5.41 Å². The minimum atomic E-state index is -0.600. The maximum atomic E-state index is 12.3. The van der Waals surface area contributed by atoms with Crippen molar-refractivity contribution in [3.8, 4) is 0 Å². The molecule has 0 aromatic carbocycles. The average Bonchev–Trinajstić information content (AvgIpc) is 2.70. The van der Waals surface area contributed by atoms with Gasteiger partial charge in [0.05, 0.1) is 6.61 Å². The molecule has 0 spiro atoms. The maximum absolute atomic E-state index is 12.3. The summed E-state index contributed by atoms with van der Waals surface area (Å²) in [4.78, 5) is 23.4. The maximum Gasteiger partial charge on any atom is 0.315 e. The molecule has 0 radical (unpaired) electrons. The molecule has 104 valence electrons. The van der Waals surface area contributed by atoms with Crippen molar-refractivity contribution in [2.75, 3.05) is 6.61 Å². The van der Waals surface area contributed by atoms with Gasteiger partial charge in [0, 0.05) is 6.92 Å². The minimum absolute atomic E-state index is 0.192. The smallest absolute Gasteiger partial charge is 0.315 e. The number of carbonyl (C=O) groups is 2. The fourth-order valence-electron chi connectivity index (χ4n) is 2.80. The zero-order chi connectivity index (χ0) is 13.6. The van der Waals surface area contributed by atoms with Gasteiger partial charge < -0.3 is 9.47 Å². The van der Waals surface area contributed by atoms with Crippen LogP contribution in [0.4, 0.5) is 0 Å². The average molecular weight is 256 g/mol. The van der Waals surface area contributed by atoms with Crippen LogP contribution in [0.5, 0.6) is 0 Å². The first kappa shape index (κ1) is 15.0. The molecule has 0 N–H and O–H groups in total. The van der Waals surface area contributed by atoms with E-state index in [9.17, 15) is 9.59 Å². The van der Waals surface area contributed by atoms with E-state index in [0.717, 1.165) is 38.5 Å². The highest BCUT2D eigenvalue weighted by Crippen LogP contribution is 2.45. The molecule has 1 aliphatic rings. The fraction of sp³-hybridized carbons (Fsp3) is 0.857. The molecule has 0 saturated heterocycles. The molecule has 18 heavy (non-hydrogen) atoms. The number of carbonyl (C=O) groups excluding carboxylic acids is 2. The molecule has 0 aliphatic heterocycles. The van der Waals surface area contributed by atoms with E-state index in [2.05, 4.69) is 6.92 Å². The second kappa shape index (κ2) is 6.76. The summed E-state index contributed by atoms with van der Waals surface area (Å²) in [6.07, 6.45) is 4.87. The van der Waals surface area contributed by atoms with Crippen molar-refractivity contribution in [3.63, 3.8) is 0 Å². The first-order chi connectivity index (χ1) is 8.56. The van der Waals surface area contributed by atoms with Crippen LogP contribution in [0.3, 0.4) is 0 Å². The Morgan fingerprint density at radius 2 is 2.06 bits per heavy atom. The molecule has 1 rings (SSSR count). The molecular formula is C14H24O4. The fourth-order valence-corrected chi connectivity index (χ4v) is 2.80. The summed E-state index contributed by atoms with van der Waals surface area (Å²) in [6.45, 7) is 5.67. The third kappa shape index (κ3) is 3.24. The van der Waals surface area contributed by atoms with Crippen LogP contribution in [0.1, 0.15) is 59.3 Å². The van der Waals surface area contributed by atoms with E-state index in [-0.39, 0.29) is 18.0 Å². The molecule has 4 nitrogen and oxygen atoms in total. The number of hydrogen-bond acceptors (Lipinski definition) is 4. The predicted molar refractivity (Wildman–Crippen MR) is 68.0 cm³/mol. The number of hydrogen-bond donors (Lipinski definition) is 0. The van der Waals surface area contributed by atoms with Gasteiger partial charge in [0.25, 0.3) is 0 Å². The van der Waals surface area contributed by atoms with Gasteiger partial charge in [-0.25, -0.2) is 0 Å². The van der Waals surface area contributed by atoms with Crippen molar-refractivity contribution < 1.29 is 19.1 Å². The van der Waals surface area contributed by atoms with Crippen LogP contribution in [-0.2, 0) is 19.1 Å². The monoisotopic (exact) mass is 256 g/mol. The number of rotatable bonds is 6. The Kier molecular flexibility index (Phi) is 5.63. The molecule has 1 saturated carbocycles. The van der Waals surface area contributed by atoms with Crippen molar-refractivity contribution >= 4 is 11.9 Å². The zero-order valence-electron chi connectivity index (χ0n) is 11.7. The molecule has 1 fully saturated rings. The number of unbranched alkanes of at least 4 members (excludes halogenated alkanes) is 1. The second-order valence-electron chi connectivity index (χ2n) is 4.97. The molecule has 0 heterocycles. The Morgan fingerprint density at radius 3 is 2.61 bits per heavy atom. The molecule has 0 bridgehead atoms. The van der Waals surface area contributed by atoms with Crippen molar-refractivity contribution in [1.82, 2.24) is 0 Å². The van der Waals surface area contributed by atoms with Crippen LogP contribution in [-0.4, -0.2) is 24.6 Å². The largest absolute Gasteiger partial charge is 0.465 e. The molecule has 4 heteroatoms. The summed E-state index contributed by atoms with van der Waals surface area (Å²) in [5.41, 5.74) is -0.600. The van der Waals surface area contributed by atoms with Gasteiger partial charge in [-0.1, -0.05) is 19.8 Å². The van der Waals surface area contributed by atoms with Gasteiger partial charge in [0.15, 0.2) is 0 Å². The second-order valence-corrected chi connectivity index (χ2v) is 4.97. The molecule has 0 aromatic rings. The summed E-state index contributed by atoms with van der Waals surface area (Å²) in [5, 5.41) is 0. The normalized spacial score (nSPS) is 26.9. The third-order valence-corrected chi connectivity index (χ3v) is 3.67. The van der Waals surface area contributed by atoms with E-state index < -0.39 is 5.41 Å². The lowest BCUT2D eigenvalue weighted by molar-refractivity contribution is -0.170. The van der Waals surface area contributed by atoms with E-state index in [0.29, 0.717) is 6.61 Å². The van der Waals surface area contributed by atoms with E-state index in [1.54, 1.807) is 6.92 Å². The molecule has 1 aliphatic carbocycles. The Bertz CT molecular complexity index is 300. The predicted octanol–water partition coefficient (Wildman–Crippen LogP) is 2.84. The van der Waals surface area contributed by atoms with Crippen LogP contribution in [0.15, 0.2) is 0 Å². The van der Waals surface area contributed by atoms with Crippen LogP contribution in [0.2, 0.25) is 0 Å². The lowest BCUT2D eigenvalue weighted by Crippen LogP contribution is -2.42. The van der Waals surface area contributed by atoms with Crippen molar-refractivity contribution in [1.29, 1.82) is 0 Å². The Morgan fingerprint density at radius 1 is 1.33 bits per heavy atom. The van der Waals surface area contributed by atoms with Gasteiger partial charge >= 0.3 is 11.9 Å². The van der Waals surface area contributed by atoms with Crippen LogP contribution in [0.25, 0.3) is 0 Å². The summed E-state index contributed by atoms with van der Waals surface area (Å²) in [6, 6.07) is 0. The Labute approximate surface area is 109 Å². The SMILES string of the molecule is CCCCC1(C(=O)OCC)CCCC1OC(C)=O. The quantitative estimate of drug-likeness (QED) is 0.686. The van der Waals surface area contributed by atoms with Crippen molar-refractivity contribution in [2.45, 2.75) is 65.4 Å². The lowest BCUT2D eigenvalue weighted by atomic mass is 9.79. The summed E-state index contributed by atoms with van der Waals surface area (Å²) >= 11 is 0. The Hall–Kier alpha value is -1.06. The topological polar surface area (TPSA) is 52.6 Å². The van der Waals surface area contributed by atoms with Gasteiger partial charge in [-0.2, -0.15) is 0 Å². The molecule has 2 atom stereocenters.